The monoisotopic (exact) mass is 235 g/mol. The molecule has 0 unspecified atom stereocenters. The number of aromatic nitrogens is 5. The van der Waals surface area contributed by atoms with Crippen molar-refractivity contribution >= 4 is 5.97 Å². The highest BCUT2D eigenvalue weighted by molar-refractivity contribution is 5.66. The van der Waals surface area contributed by atoms with Gasteiger partial charge >= 0.3 is 5.97 Å². The smallest absolute Gasteiger partial charge is 0.305 e. The lowest BCUT2D eigenvalue weighted by atomic mass is 10.3. The second kappa shape index (κ2) is 4.36. The van der Waals surface area contributed by atoms with Gasteiger partial charge in [-0.1, -0.05) is 0 Å². The maximum atomic E-state index is 10.6. The van der Waals surface area contributed by atoms with Crippen LogP contribution in [0.15, 0.2) is 12.4 Å². The molecule has 0 aliphatic heterocycles. The first-order valence-electron chi connectivity index (χ1n) is 5.18. The summed E-state index contributed by atoms with van der Waals surface area (Å²) in [7, 11) is 1.78. The van der Waals surface area contributed by atoms with Crippen LogP contribution in [0.2, 0.25) is 0 Å². The molecule has 0 atom stereocenters. The van der Waals surface area contributed by atoms with Crippen LogP contribution in [0.3, 0.4) is 0 Å². The highest BCUT2D eigenvalue weighted by Gasteiger charge is 2.12. The summed E-state index contributed by atoms with van der Waals surface area (Å²) in [4.78, 5) is 14.7. The number of hydrogen-bond donors (Lipinski definition) is 1. The molecule has 7 nitrogen and oxygen atoms in total. The summed E-state index contributed by atoms with van der Waals surface area (Å²) in [6, 6.07) is 1.84. The molecule has 0 aliphatic carbocycles. The van der Waals surface area contributed by atoms with Crippen molar-refractivity contribution < 1.29 is 9.90 Å². The minimum Gasteiger partial charge on any atom is -0.481 e. The van der Waals surface area contributed by atoms with Crippen LogP contribution in [0.25, 0.3) is 11.5 Å². The predicted molar refractivity (Wildman–Crippen MR) is 59.2 cm³/mol. The van der Waals surface area contributed by atoms with E-state index in [0.717, 1.165) is 11.4 Å². The molecule has 2 heterocycles. The van der Waals surface area contributed by atoms with Crippen molar-refractivity contribution in [3.05, 3.63) is 18.1 Å². The zero-order valence-electron chi connectivity index (χ0n) is 9.66. The molecule has 0 fully saturated rings. The lowest BCUT2D eigenvalue weighted by Gasteiger charge is -2.02. The molecule has 2 aromatic rings. The van der Waals surface area contributed by atoms with Gasteiger partial charge in [0.05, 0.1) is 18.7 Å². The summed E-state index contributed by atoms with van der Waals surface area (Å²) >= 11 is 0. The number of aryl methyl sites for hydroxylation is 3. The highest BCUT2D eigenvalue weighted by Crippen LogP contribution is 2.16. The lowest BCUT2D eigenvalue weighted by molar-refractivity contribution is -0.137. The summed E-state index contributed by atoms with van der Waals surface area (Å²) in [6.45, 7) is 2.17. The zero-order chi connectivity index (χ0) is 12.4. The standard InChI is InChI=1S/C10H13N5O2/c1-7-5-8(10-11-6-14(2)13-10)15(12-7)4-3-9(16)17/h5-6H,3-4H2,1-2H3,(H,16,17). The Morgan fingerprint density at radius 1 is 1.47 bits per heavy atom. The van der Waals surface area contributed by atoms with E-state index >= 15 is 0 Å². The van der Waals surface area contributed by atoms with E-state index in [1.54, 1.807) is 22.7 Å². The summed E-state index contributed by atoms with van der Waals surface area (Å²) in [5.74, 6) is -0.295. The molecule has 0 aliphatic rings. The van der Waals surface area contributed by atoms with Crippen LogP contribution in [0.1, 0.15) is 12.1 Å². The van der Waals surface area contributed by atoms with Crippen molar-refractivity contribution in [2.75, 3.05) is 0 Å². The first-order valence-corrected chi connectivity index (χ1v) is 5.18. The summed E-state index contributed by atoms with van der Waals surface area (Å²) in [5, 5.41) is 17.1. The van der Waals surface area contributed by atoms with Gasteiger partial charge in [0, 0.05) is 7.05 Å². The van der Waals surface area contributed by atoms with E-state index in [-0.39, 0.29) is 6.42 Å². The van der Waals surface area contributed by atoms with Crippen molar-refractivity contribution in [3.63, 3.8) is 0 Å². The van der Waals surface area contributed by atoms with Crippen LogP contribution in [-0.4, -0.2) is 35.6 Å². The quantitative estimate of drug-likeness (QED) is 0.832. The van der Waals surface area contributed by atoms with E-state index in [4.69, 9.17) is 5.11 Å². The second-order valence-corrected chi connectivity index (χ2v) is 3.78. The molecular weight excluding hydrogens is 222 g/mol. The number of carboxylic acids is 1. The SMILES string of the molecule is Cc1cc(-c2ncn(C)n2)n(CCC(=O)O)n1. The van der Waals surface area contributed by atoms with Gasteiger partial charge in [-0.3, -0.25) is 14.2 Å². The molecule has 17 heavy (non-hydrogen) atoms. The zero-order valence-corrected chi connectivity index (χ0v) is 9.66. The van der Waals surface area contributed by atoms with Crippen LogP contribution in [0.5, 0.6) is 0 Å². The Labute approximate surface area is 97.7 Å². The molecule has 0 radical (unpaired) electrons. The fraction of sp³-hybridized carbons (Fsp3) is 0.400. The Hall–Kier alpha value is -2.18. The van der Waals surface area contributed by atoms with Crippen molar-refractivity contribution in [2.24, 2.45) is 7.05 Å². The Balaban J connectivity index is 2.30. The molecule has 0 saturated carbocycles. The Bertz CT molecular complexity index is 543. The number of carboxylic acid groups (broad SMARTS) is 1. The van der Waals surface area contributed by atoms with Gasteiger partial charge < -0.3 is 5.11 Å². The first-order chi connectivity index (χ1) is 8.06. The summed E-state index contributed by atoms with van der Waals surface area (Å²) in [6.07, 6.45) is 1.63. The van der Waals surface area contributed by atoms with Crippen LogP contribution >= 0.6 is 0 Å². The van der Waals surface area contributed by atoms with Gasteiger partial charge in [-0.05, 0) is 13.0 Å². The normalized spacial score (nSPS) is 10.7. The first kappa shape index (κ1) is 11.3. The Morgan fingerprint density at radius 3 is 2.82 bits per heavy atom. The van der Waals surface area contributed by atoms with Gasteiger partial charge in [-0.15, -0.1) is 5.10 Å². The van der Waals surface area contributed by atoms with Crippen molar-refractivity contribution in [1.82, 2.24) is 24.5 Å². The number of aliphatic carboxylic acids is 1. The Kier molecular flexibility index (Phi) is 2.90. The molecule has 0 bridgehead atoms. The number of rotatable bonds is 4. The van der Waals surface area contributed by atoms with Gasteiger partial charge in [0.25, 0.3) is 0 Å². The third kappa shape index (κ3) is 2.49. The van der Waals surface area contributed by atoms with Gasteiger partial charge in [0.2, 0.25) is 0 Å². The number of carbonyl (C=O) groups is 1. The van der Waals surface area contributed by atoms with Crippen molar-refractivity contribution in [1.29, 1.82) is 0 Å². The number of hydrogen-bond acceptors (Lipinski definition) is 4. The maximum absolute atomic E-state index is 10.6. The second-order valence-electron chi connectivity index (χ2n) is 3.78. The van der Waals surface area contributed by atoms with Crippen LogP contribution in [-0.2, 0) is 18.4 Å². The Morgan fingerprint density at radius 2 is 2.24 bits per heavy atom. The molecule has 7 heteroatoms. The maximum Gasteiger partial charge on any atom is 0.305 e. The van der Waals surface area contributed by atoms with E-state index in [2.05, 4.69) is 15.2 Å². The summed E-state index contributed by atoms with van der Waals surface area (Å²) < 4.78 is 3.22. The number of nitrogens with zero attached hydrogens (tertiary/aromatic N) is 5. The third-order valence-electron chi connectivity index (χ3n) is 2.27. The van der Waals surface area contributed by atoms with Crippen LogP contribution < -0.4 is 0 Å². The van der Waals surface area contributed by atoms with Gasteiger partial charge in [-0.25, -0.2) is 4.98 Å². The van der Waals surface area contributed by atoms with Crippen LogP contribution in [0.4, 0.5) is 0 Å². The molecule has 2 aromatic heterocycles. The third-order valence-corrected chi connectivity index (χ3v) is 2.27. The fourth-order valence-electron chi connectivity index (χ4n) is 1.55. The molecule has 0 spiro atoms. The van der Waals surface area contributed by atoms with E-state index in [0.29, 0.717) is 12.4 Å². The van der Waals surface area contributed by atoms with E-state index in [1.807, 2.05) is 13.0 Å². The van der Waals surface area contributed by atoms with Crippen molar-refractivity contribution in [3.8, 4) is 11.5 Å². The summed E-state index contributed by atoms with van der Waals surface area (Å²) in [5.41, 5.74) is 1.56. The topological polar surface area (TPSA) is 85.8 Å². The molecule has 0 saturated heterocycles. The predicted octanol–water partition coefficient (Wildman–Crippen LogP) is 0.462. The van der Waals surface area contributed by atoms with E-state index in [9.17, 15) is 4.79 Å². The molecular formula is C10H13N5O2. The van der Waals surface area contributed by atoms with Crippen LogP contribution in [0, 0.1) is 6.92 Å². The highest BCUT2D eigenvalue weighted by atomic mass is 16.4. The molecule has 90 valence electrons. The lowest BCUT2D eigenvalue weighted by Crippen LogP contribution is -2.08. The minimum atomic E-state index is -0.849. The molecule has 2 rings (SSSR count). The average molecular weight is 235 g/mol. The van der Waals surface area contributed by atoms with Crippen molar-refractivity contribution in [2.45, 2.75) is 19.9 Å². The molecule has 0 aromatic carbocycles. The largest absolute Gasteiger partial charge is 0.481 e. The van der Waals surface area contributed by atoms with Gasteiger partial charge in [-0.2, -0.15) is 5.10 Å². The van der Waals surface area contributed by atoms with Gasteiger partial charge in [0.15, 0.2) is 5.82 Å². The average Bonchev–Trinajstić information content (AvgIpc) is 2.81. The molecule has 0 amide bonds. The minimum absolute atomic E-state index is 0.0287. The fourth-order valence-corrected chi connectivity index (χ4v) is 1.55. The van der Waals surface area contributed by atoms with Gasteiger partial charge in [0.1, 0.15) is 12.0 Å². The molecule has 1 N–H and O–H groups in total. The van der Waals surface area contributed by atoms with E-state index < -0.39 is 5.97 Å². The van der Waals surface area contributed by atoms with E-state index in [1.165, 1.54) is 0 Å².